The Bertz CT molecular complexity index is 1400. The van der Waals surface area contributed by atoms with Crippen LogP contribution in [0.4, 0.5) is 5.82 Å². The minimum absolute atomic E-state index is 0.473. The highest BCUT2D eigenvalue weighted by Gasteiger charge is 2.25. The molecule has 0 N–H and O–H groups in total. The third kappa shape index (κ3) is 1.89. The van der Waals surface area contributed by atoms with Gasteiger partial charge < -0.3 is 4.57 Å². The van der Waals surface area contributed by atoms with Gasteiger partial charge in [-0.15, -0.1) is 0 Å². The molecule has 1 unspecified atom stereocenters. The molecule has 0 spiro atoms. The van der Waals surface area contributed by atoms with Crippen molar-refractivity contribution in [3.63, 3.8) is 0 Å². The first-order chi connectivity index (χ1) is 13.8. The molecule has 0 aliphatic carbocycles. The molecule has 1 atom stereocenters. The van der Waals surface area contributed by atoms with Crippen LogP contribution in [0.25, 0.3) is 38.5 Å². The van der Waals surface area contributed by atoms with E-state index in [2.05, 4.69) is 77.9 Å². The Hall–Kier alpha value is -3.40. The van der Waals surface area contributed by atoms with Crippen molar-refractivity contribution in [1.29, 1.82) is 0 Å². The van der Waals surface area contributed by atoms with E-state index in [0.29, 0.717) is 5.92 Å². The Labute approximate surface area is 162 Å². The lowest BCUT2D eigenvalue weighted by atomic mass is 9.95. The van der Waals surface area contributed by atoms with Crippen LogP contribution in [0.3, 0.4) is 0 Å². The molecule has 0 amide bonds. The quantitative estimate of drug-likeness (QED) is 0.366. The van der Waals surface area contributed by atoms with Crippen LogP contribution in [-0.4, -0.2) is 20.3 Å². The molecule has 28 heavy (non-hydrogen) atoms. The van der Waals surface area contributed by atoms with Crippen LogP contribution < -0.4 is 0 Å². The van der Waals surface area contributed by atoms with Gasteiger partial charge in [0, 0.05) is 46.9 Å². The van der Waals surface area contributed by atoms with E-state index in [1.54, 1.807) is 0 Å². The number of aliphatic imine (C=N–C) groups is 1. The maximum Gasteiger partial charge on any atom is 0.145 e. The molecule has 0 radical (unpaired) electrons. The first kappa shape index (κ1) is 15.6. The van der Waals surface area contributed by atoms with E-state index in [-0.39, 0.29) is 0 Å². The fourth-order valence-electron chi connectivity index (χ4n) is 4.76. The smallest absolute Gasteiger partial charge is 0.145 e. The molecule has 5 aromatic rings. The number of hydrogen-bond acceptors (Lipinski definition) is 2. The number of rotatable bonds is 1. The molecule has 0 bridgehead atoms. The number of aromatic nitrogens is 3. The molecule has 4 heteroatoms. The number of aryl methyl sites for hydroxylation is 1. The van der Waals surface area contributed by atoms with Crippen LogP contribution >= 0.6 is 0 Å². The molecule has 1 aliphatic rings. The molecule has 6 rings (SSSR count). The summed E-state index contributed by atoms with van der Waals surface area (Å²) in [6, 6.07) is 19.2. The summed E-state index contributed by atoms with van der Waals surface area (Å²) in [5.74, 6) is 1.56. The highest BCUT2D eigenvalue weighted by atomic mass is 15.1. The second-order valence-corrected chi connectivity index (χ2v) is 7.65. The minimum Gasteiger partial charge on any atom is -0.327 e. The standard InChI is InChI=1S/C24H20N4/c1-15-12-14-26-24-20(15)19-11-10-17-18-9-6-13-25-23(18)28(16-7-4-3-5-8-16)22(17)21(19)27(24)2/h3-11,13-15H,12H2,1-2H3. The van der Waals surface area contributed by atoms with E-state index in [1.807, 2.05) is 12.3 Å². The fourth-order valence-corrected chi connectivity index (χ4v) is 4.76. The lowest BCUT2D eigenvalue weighted by Crippen LogP contribution is -2.00. The van der Waals surface area contributed by atoms with Gasteiger partial charge in [-0.05, 0) is 36.6 Å². The minimum atomic E-state index is 0.473. The van der Waals surface area contributed by atoms with Crippen molar-refractivity contribution in [3.8, 4) is 5.69 Å². The zero-order chi connectivity index (χ0) is 18.8. The Morgan fingerprint density at radius 1 is 0.893 bits per heavy atom. The van der Waals surface area contributed by atoms with E-state index in [9.17, 15) is 0 Å². The van der Waals surface area contributed by atoms with E-state index in [0.717, 1.165) is 23.6 Å². The van der Waals surface area contributed by atoms with Crippen LogP contribution in [0.15, 0.2) is 65.8 Å². The van der Waals surface area contributed by atoms with Crippen molar-refractivity contribution in [2.75, 3.05) is 0 Å². The van der Waals surface area contributed by atoms with Crippen molar-refractivity contribution < 1.29 is 0 Å². The van der Waals surface area contributed by atoms with Gasteiger partial charge in [-0.1, -0.05) is 37.3 Å². The first-order valence-corrected chi connectivity index (χ1v) is 9.74. The first-order valence-electron chi connectivity index (χ1n) is 9.74. The largest absolute Gasteiger partial charge is 0.327 e. The summed E-state index contributed by atoms with van der Waals surface area (Å²) < 4.78 is 4.56. The van der Waals surface area contributed by atoms with Gasteiger partial charge in [0.05, 0.1) is 11.0 Å². The van der Waals surface area contributed by atoms with Gasteiger partial charge >= 0.3 is 0 Å². The molecule has 1 aliphatic heterocycles. The third-order valence-corrected chi connectivity index (χ3v) is 6.03. The Balaban J connectivity index is 1.90. The molecule has 0 fully saturated rings. The normalized spacial score (nSPS) is 16.3. The average molecular weight is 364 g/mol. The van der Waals surface area contributed by atoms with E-state index in [1.165, 1.54) is 32.8 Å². The van der Waals surface area contributed by atoms with Gasteiger partial charge in [0.2, 0.25) is 0 Å². The summed E-state index contributed by atoms with van der Waals surface area (Å²) in [5, 5.41) is 3.71. The van der Waals surface area contributed by atoms with Crippen molar-refractivity contribution >= 4 is 44.9 Å². The average Bonchev–Trinajstić information content (AvgIpc) is 3.22. The molecule has 0 saturated carbocycles. The third-order valence-electron chi connectivity index (χ3n) is 6.03. The molecule has 3 aromatic heterocycles. The van der Waals surface area contributed by atoms with Gasteiger partial charge in [0.25, 0.3) is 0 Å². The zero-order valence-corrected chi connectivity index (χ0v) is 15.9. The van der Waals surface area contributed by atoms with Gasteiger partial charge in [0.1, 0.15) is 11.5 Å². The van der Waals surface area contributed by atoms with E-state index < -0.39 is 0 Å². The second-order valence-electron chi connectivity index (χ2n) is 7.65. The van der Waals surface area contributed by atoms with Crippen LogP contribution in [-0.2, 0) is 7.05 Å². The number of para-hydroxylation sites is 1. The predicted molar refractivity (Wildman–Crippen MR) is 116 cm³/mol. The summed E-state index contributed by atoms with van der Waals surface area (Å²) in [7, 11) is 2.14. The Kier molecular flexibility index (Phi) is 3.10. The summed E-state index contributed by atoms with van der Waals surface area (Å²) in [6.07, 6.45) is 4.92. The lowest BCUT2D eigenvalue weighted by Gasteiger charge is -2.13. The number of fused-ring (bicyclic) bond motifs is 7. The van der Waals surface area contributed by atoms with Crippen molar-refractivity contribution in [2.24, 2.45) is 12.0 Å². The predicted octanol–water partition coefficient (Wildman–Crippen LogP) is 5.88. The molecular weight excluding hydrogens is 344 g/mol. The van der Waals surface area contributed by atoms with Crippen molar-refractivity contribution in [1.82, 2.24) is 14.1 Å². The summed E-state index contributed by atoms with van der Waals surface area (Å²) in [6.45, 7) is 2.29. The highest BCUT2D eigenvalue weighted by Crippen LogP contribution is 2.44. The number of benzene rings is 2. The number of nitrogens with zero attached hydrogens (tertiary/aromatic N) is 4. The van der Waals surface area contributed by atoms with Crippen LogP contribution in [0.1, 0.15) is 24.8 Å². The molecule has 4 nitrogen and oxygen atoms in total. The molecule has 2 aromatic carbocycles. The maximum absolute atomic E-state index is 4.76. The van der Waals surface area contributed by atoms with Crippen molar-refractivity contribution in [2.45, 2.75) is 19.3 Å². The molecular formula is C24H20N4. The summed E-state index contributed by atoms with van der Waals surface area (Å²) >= 11 is 0. The SMILES string of the molecule is CC1CC=Nc2c1c1ccc3c4cccnc4n(-c4ccccc4)c3c1n2C. The number of pyridine rings is 1. The van der Waals surface area contributed by atoms with Crippen LogP contribution in [0.5, 0.6) is 0 Å². The van der Waals surface area contributed by atoms with E-state index in [4.69, 9.17) is 9.98 Å². The maximum atomic E-state index is 4.76. The fraction of sp³-hybridized carbons (Fsp3) is 0.167. The molecule has 136 valence electrons. The van der Waals surface area contributed by atoms with Crippen molar-refractivity contribution in [3.05, 3.63) is 66.4 Å². The highest BCUT2D eigenvalue weighted by molar-refractivity contribution is 6.18. The van der Waals surface area contributed by atoms with Gasteiger partial charge in [0.15, 0.2) is 0 Å². The van der Waals surface area contributed by atoms with Crippen LogP contribution in [0, 0.1) is 0 Å². The van der Waals surface area contributed by atoms with E-state index >= 15 is 0 Å². The van der Waals surface area contributed by atoms with Gasteiger partial charge in [-0.3, -0.25) is 4.57 Å². The van der Waals surface area contributed by atoms with Gasteiger partial charge in [-0.25, -0.2) is 9.98 Å². The zero-order valence-electron chi connectivity index (χ0n) is 15.9. The Morgan fingerprint density at radius 2 is 1.71 bits per heavy atom. The topological polar surface area (TPSA) is 35.1 Å². The molecule has 0 saturated heterocycles. The monoisotopic (exact) mass is 364 g/mol. The number of hydrogen-bond donors (Lipinski definition) is 0. The summed E-state index contributed by atoms with van der Waals surface area (Å²) in [5.41, 5.74) is 5.92. The Morgan fingerprint density at radius 3 is 2.57 bits per heavy atom. The van der Waals surface area contributed by atoms with Gasteiger partial charge in [-0.2, -0.15) is 0 Å². The van der Waals surface area contributed by atoms with Crippen LogP contribution in [0.2, 0.25) is 0 Å². The summed E-state index contributed by atoms with van der Waals surface area (Å²) in [4.78, 5) is 9.51. The second kappa shape index (κ2) is 5.55. The lowest BCUT2D eigenvalue weighted by molar-refractivity contribution is 0.795. The molecule has 4 heterocycles.